The summed E-state index contributed by atoms with van der Waals surface area (Å²) in [5.74, 6) is 1.13. The highest BCUT2D eigenvalue weighted by Crippen LogP contribution is 2.29. The number of aromatic nitrogens is 4. The lowest BCUT2D eigenvalue weighted by atomic mass is 9.96. The average Bonchev–Trinajstić information content (AvgIpc) is 3.44. The van der Waals surface area contributed by atoms with E-state index in [1.165, 1.54) is 17.8 Å². The molecule has 1 fully saturated rings. The molecular formula is C22H28FN5O3S. The summed E-state index contributed by atoms with van der Waals surface area (Å²) in [5.41, 5.74) is 0.426. The zero-order valence-electron chi connectivity index (χ0n) is 19.0. The SMILES string of the molecule is CSc1ccc(-c2noc(C(C)OC3CCN(c4nc(C(C)(C)C)no4)CC3)n2)cc1F. The number of hydrogen-bond acceptors (Lipinski definition) is 9. The molecule has 0 saturated carbocycles. The van der Waals surface area contributed by atoms with Crippen molar-refractivity contribution in [3.63, 3.8) is 0 Å². The standard InChI is InChI=1S/C22H28FN5O3S/c1-13(19-24-18(26-30-19)14-6-7-17(32-5)16(23)12-14)29-15-8-10-28(11-9-15)21-25-20(27-31-21)22(2,3)4/h6-7,12-13,15H,8-11H2,1-5H3. The molecule has 0 bridgehead atoms. The van der Waals surface area contributed by atoms with Crippen LogP contribution in [0.2, 0.25) is 0 Å². The van der Waals surface area contributed by atoms with E-state index in [1.54, 1.807) is 12.1 Å². The number of nitrogens with zero attached hydrogens (tertiary/aromatic N) is 5. The fourth-order valence-corrected chi connectivity index (χ4v) is 3.96. The van der Waals surface area contributed by atoms with Crippen molar-refractivity contribution in [2.45, 2.75) is 63.1 Å². The summed E-state index contributed by atoms with van der Waals surface area (Å²) in [7, 11) is 0. The molecule has 1 unspecified atom stereocenters. The van der Waals surface area contributed by atoms with Crippen molar-refractivity contribution < 1.29 is 18.2 Å². The summed E-state index contributed by atoms with van der Waals surface area (Å²) in [6, 6.07) is 5.48. The molecule has 4 rings (SSSR count). The Morgan fingerprint density at radius 3 is 2.53 bits per heavy atom. The van der Waals surface area contributed by atoms with E-state index in [9.17, 15) is 4.39 Å². The molecule has 3 heterocycles. The molecule has 3 aromatic rings. The molecule has 32 heavy (non-hydrogen) atoms. The Morgan fingerprint density at radius 1 is 1.16 bits per heavy atom. The third kappa shape index (κ3) is 4.96. The quantitative estimate of drug-likeness (QED) is 0.469. The number of benzene rings is 1. The number of hydrogen-bond donors (Lipinski definition) is 0. The average molecular weight is 462 g/mol. The van der Waals surface area contributed by atoms with Crippen molar-refractivity contribution in [1.82, 2.24) is 20.3 Å². The van der Waals surface area contributed by atoms with E-state index >= 15 is 0 Å². The maximum atomic E-state index is 14.1. The molecule has 1 saturated heterocycles. The van der Waals surface area contributed by atoms with Gasteiger partial charge in [-0.2, -0.15) is 9.97 Å². The molecule has 0 N–H and O–H groups in total. The van der Waals surface area contributed by atoms with Gasteiger partial charge in [0.25, 0.3) is 5.89 Å². The predicted molar refractivity (Wildman–Crippen MR) is 119 cm³/mol. The number of halogens is 1. The topological polar surface area (TPSA) is 90.3 Å². The number of piperidine rings is 1. The van der Waals surface area contributed by atoms with Crippen LogP contribution in [0.1, 0.15) is 58.4 Å². The minimum atomic E-state index is -0.362. The number of thioether (sulfide) groups is 1. The summed E-state index contributed by atoms with van der Waals surface area (Å²) in [4.78, 5) is 11.6. The summed E-state index contributed by atoms with van der Waals surface area (Å²) in [6.45, 7) is 9.58. The Hall–Kier alpha value is -2.46. The molecule has 1 aliphatic rings. The molecule has 10 heteroatoms. The van der Waals surface area contributed by atoms with Crippen LogP contribution in [0, 0.1) is 5.82 Å². The zero-order chi connectivity index (χ0) is 22.9. The summed E-state index contributed by atoms with van der Waals surface area (Å²) in [5, 5.41) is 8.10. The largest absolute Gasteiger partial charge is 0.365 e. The van der Waals surface area contributed by atoms with E-state index in [0.717, 1.165) is 25.9 Å². The fraction of sp³-hybridized carbons (Fsp3) is 0.545. The van der Waals surface area contributed by atoms with Crippen LogP contribution in [-0.4, -0.2) is 45.7 Å². The Morgan fingerprint density at radius 2 is 1.91 bits per heavy atom. The third-order valence-electron chi connectivity index (χ3n) is 5.39. The monoisotopic (exact) mass is 461 g/mol. The molecule has 1 aromatic carbocycles. The Bertz CT molecular complexity index is 1060. The van der Waals surface area contributed by atoms with Crippen molar-refractivity contribution in [3.8, 4) is 11.4 Å². The van der Waals surface area contributed by atoms with Gasteiger partial charge >= 0.3 is 6.01 Å². The lowest BCUT2D eigenvalue weighted by Crippen LogP contribution is -2.37. The van der Waals surface area contributed by atoms with E-state index in [1.807, 2.05) is 13.2 Å². The second-order valence-corrected chi connectivity index (χ2v) is 9.77. The molecule has 8 nitrogen and oxygen atoms in total. The van der Waals surface area contributed by atoms with Gasteiger partial charge in [-0.3, -0.25) is 0 Å². The Balaban J connectivity index is 1.33. The molecule has 0 radical (unpaired) electrons. The second-order valence-electron chi connectivity index (χ2n) is 8.92. The van der Waals surface area contributed by atoms with Gasteiger partial charge in [-0.15, -0.1) is 11.8 Å². The summed E-state index contributed by atoms with van der Waals surface area (Å²) >= 11 is 1.35. The molecule has 1 aliphatic heterocycles. The maximum absolute atomic E-state index is 14.1. The van der Waals surface area contributed by atoms with Crippen LogP contribution < -0.4 is 4.90 Å². The minimum Gasteiger partial charge on any atom is -0.365 e. The van der Waals surface area contributed by atoms with Gasteiger partial charge in [-0.25, -0.2) is 4.39 Å². The zero-order valence-corrected chi connectivity index (χ0v) is 19.8. The molecule has 172 valence electrons. The first kappa shape index (κ1) is 22.7. The lowest BCUT2D eigenvalue weighted by Gasteiger charge is -2.31. The molecule has 1 atom stereocenters. The molecule has 0 spiro atoms. The van der Waals surface area contributed by atoms with Crippen LogP contribution in [-0.2, 0) is 10.2 Å². The first-order valence-electron chi connectivity index (χ1n) is 10.7. The highest BCUT2D eigenvalue weighted by atomic mass is 32.2. The van der Waals surface area contributed by atoms with Crippen molar-refractivity contribution in [1.29, 1.82) is 0 Å². The smallest absolute Gasteiger partial charge is 0.324 e. The molecule has 0 amide bonds. The van der Waals surface area contributed by atoms with Crippen LogP contribution in [0.15, 0.2) is 32.1 Å². The second kappa shape index (κ2) is 9.19. The van der Waals surface area contributed by atoms with Crippen LogP contribution in [0.4, 0.5) is 10.4 Å². The molecular weight excluding hydrogens is 433 g/mol. The van der Waals surface area contributed by atoms with Gasteiger partial charge in [-0.05, 0) is 44.2 Å². The van der Waals surface area contributed by atoms with Crippen LogP contribution in [0.3, 0.4) is 0 Å². The first-order chi connectivity index (χ1) is 15.2. The highest BCUT2D eigenvalue weighted by Gasteiger charge is 2.28. The van der Waals surface area contributed by atoms with Gasteiger partial charge in [0.15, 0.2) is 5.82 Å². The summed E-state index contributed by atoms with van der Waals surface area (Å²) in [6.07, 6.45) is 3.16. The lowest BCUT2D eigenvalue weighted by molar-refractivity contribution is -0.0303. The number of anilines is 1. The normalized spacial score (nSPS) is 16.5. The van der Waals surface area contributed by atoms with Crippen LogP contribution >= 0.6 is 11.8 Å². The molecule has 0 aliphatic carbocycles. The maximum Gasteiger partial charge on any atom is 0.324 e. The van der Waals surface area contributed by atoms with E-state index in [4.69, 9.17) is 13.8 Å². The van der Waals surface area contributed by atoms with Gasteiger partial charge in [0, 0.05) is 29.0 Å². The predicted octanol–water partition coefficient (Wildman–Crippen LogP) is 5.02. The van der Waals surface area contributed by atoms with E-state index in [2.05, 4.69) is 46.0 Å². The number of rotatable bonds is 6. The van der Waals surface area contributed by atoms with Gasteiger partial charge < -0.3 is 18.7 Å². The van der Waals surface area contributed by atoms with Gasteiger partial charge in [0.1, 0.15) is 11.9 Å². The fourth-order valence-electron chi connectivity index (χ4n) is 3.50. The van der Waals surface area contributed by atoms with Gasteiger partial charge in [0.05, 0.1) is 6.10 Å². The van der Waals surface area contributed by atoms with E-state index in [-0.39, 0.29) is 23.4 Å². The van der Waals surface area contributed by atoms with E-state index in [0.29, 0.717) is 34.0 Å². The Kier molecular flexibility index (Phi) is 6.52. The number of ether oxygens (including phenoxy) is 1. The summed E-state index contributed by atoms with van der Waals surface area (Å²) < 4.78 is 31.1. The van der Waals surface area contributed by atoms with Gasteiger partial charge in [0.2, 0.25) is 5.82 Å². The molecule has 2 aromatic heterocycles. The first-order valence-corrected chi connectivity index (χ1v) is 11.9. The van der Waals surface area contributed by atoms with E-state index < -0.39 is 0 Å². The third-order valence-corrected chi connectivity index (χ3v) is 6.17. The van der Waals surface area contributed by atoms with Crippen molar-refractivity contribution >= 4 is 17.8 Å². The van der Waals surface area contributed by atoms with Crippen LogP contribution in [0.25, 0.3) is 11.4 Å². The Labute approximate surface area is 190 Å². The van der Waals surface area contributed by atoms with Crippen LogP contribution in [0.5, 0.6) is 0 Å². The highest BCUT2D eigenvalue weighted by molar-refractivity contribution is 7.98. The van der Waals surface area contributed by atoms with Crippen molar-refractivity contribution in [2.75, 3.05) is 24.2 Å². The minimum absolute atomic E-state index is 0.0555. The van der Waals surface area contributed by atoms with Crippen molar-refractivity contribution in [2.24, 2.45) is 0 Å². The van der Waals surface area contributed by atoms with Crippen molar-refractivity contribution in [3.05, 3.63) is 35.7 Å². The van der Waals surface area contributed by atoms with Gasteiger partial charge in [-0.1, -0.05) is 31.1 Å².